The number of hydrogen-bond donors (Lipinski definition) is 4. The molecule has 1 saturated carbocycles. The summed E-state index contributed by atoms with van der Waals surface area (Å²) < 4.78 is 33.4. The Morgan fingerprint density at radius 3 is 2.29 bits per heavy atom. The first-order valence-corrected chi connectivity index (χ1v) is 16.7. The Hall–Kier alpha value is -5.05. The van der Waals surface area contributed by atoms with E-state index in [-0.39, 0.29) is 63.4 Å². The van der Waals surface area contributed by atoms with Crippen molar-refractivity contribution in [2.45, 2.75) is 82.0 Å². The van der Waals surface area contributed by atoms with E-state index in [0.29, 0.717) is 13.0 Å². The van der Waals surface area contributed by atoms with Crippen molar-refractivity contribution in [3.05, 3.63) is 83.9 Å². The molecular weight excluding hydrogens is 632 g/mol. The first kappa shape index (κ1) is 35.3. The van der Waals surface area contributed by atoms with E-state index in [9.17, 15) is 33.2 Å². The summed E-state index contributed by atoms with van der Waals surface area (Å²) in [5.41, 5.74) is 1.53. The molecule has 49 heavy (non-hydrogen) atoms. The predicted molar refractivity (Wildman–Crippen MR) is 178 cm³/mol. The van der Waals surface area contributed by atoms with Crippen molar-refractivity contribution in [3.8, 4) is 6.07 Å². The summed E-state index contributed by atoms with van der Waals surface area (Å²) in [7, 11) is 0. The first-order chi connectivity index (χ1) is 23.6. The Labute approximate surface area is 284 Å². The highest BCUT2D eigenvalue weighted by Crippen LogP contribution is 2.38. The normalized spacial score (nSPS) is 19.1. The fraction of sp³-hybridized carbons (Fsp3) is 0.432. The standard InChI is InChI=1S/C37H41F2N5O5/c38-37(39)16-13-24(14-17-37)19-31(34(46)42-29(22-40)20-28-15-18-41-33(28)45)43-35(47)32(44-36(48)49-23-25-7-2-1-3-8-25)21-27-11-6-10-26-9-4-5-12-30(26)27/h1-12,24,28-29,31-32H,13-21,23H2,(H,41,45)(H,42,46)(H,43,47)(H,44,48)/t28-,29-,31?,32-/m0/s1. The van der Waals surface area contributed by atoms with Crippen LogP contribution in [0.4, 0.5) is 13.6 Å². The van der Waals surface area contributed by atoms with Gasteiger partial charge in [0, 0.05) is 31.7 Å². The molecule has 2 aliphatic rings. The van der Waals surface area contributed by atoms with Gasteiger partial charge in [-0.3, -0.25) is 14.4 Å². The maximum atomic E-state index is 14.0. The van der Waals surface area contributed by atoms with Gasteiger partial charge in [0.25, 0.3) is 0 Å². The van der Waals surface area contributed by atoms with Gasteiger partial charge in [0.15, 0.2) is 0 Å². The Kier molecular flexibility index (Phi) is 11.8. The van der Waals surface area contributed by atoms with Crippen molar-refractivity contribution in [1.82, 2.24) is 21.3 Å². The number of nitrogens with zero attached hydrogens (tertiary/aromatic N) is 1. The van der Waals surface area contributed by atoms with Crippen molar-refractivity contribution in [2.75, 3.05) is 6.54 Å². The van der Waals surface area contributed by atoms with Crippen LogP contribution in [-0.2, 0) is 32.1 Å². The van der Waals surface area contributed by atoms with Gasteiger partial charge < -0.3 is 26.0 Å². The van der Waals surface area contributed by atoms with Crippen LogP contribution in [0.15, 0.2) is 72.8 Å². The minimum atomic E-state index is -2.78. The molecule has 4 N–H and O–H groups in total. The van der Waals surface area contributed by atoms with E-state index in [4.69, 9.17) is 4.74 Å². The van der Waals surface area contributed by atoms with Crippen molar-refractivity contribution < 1.29 is 32.7 Å². The number of benzene rings is 3. The predicted octanol–water partition coefficient (Wildman–Crippen LogP) is 4.91. The minimum absolute atomic E-state index is 0.0266. The largest absolute Gasteiger partial charge is 0.445 e. The van der Waals surface area contributed by atoms with Crippen molar-refractivity contribution in [1.29, 1.82) is 5.26 Å². The second-order valence-electron chi connectivity index (χ2n) is 12.9. The first-order valence-electron chi connectivity index (χ1n) is 16.7. The van der Waals surface area contributed by atoms with Gasteiger partial charge in [-0.05, 0) is 59.9 Å². The molecule has 2 fully saturated rings. The number of carbonyl (C=O) groups excluding carboxylic acids is 4. The Morgan fingerprint density at radius 2 is 1.57 bits per heavy atom. The fourth-order valence-corrected chi connectivity index (χ4v) is 6.55. The molecule has 0 bridgehead atoms. The third-order valence-electron chi connectivity index (χ3n) is 9.32. The van der Waals surface area contributed by atoms with E-state index in [1.165, 1.54) is 0 Å². The summed E-state index contributed by atoms with van der Waals surface area (Å²) in [6.07, 6.45) is -0.385. The molecule has 258 valence electrons. The van der Waals surface area contributed by atoms with Gasteiger partial charge in [0.05, 0.1) is 6.07 Å². The molecule has 12 heteroatoms. The number of halogens is 2. The highest BCUT2D eigenvalue weighted by molar-refractivity contribution is 5.93. The number of alkyl halides is 2. The highest BCUT2D eigenvalue weighted by atomic mass is 19.3. The molecular formula is C37H41F2N5O5. The van der Waals surface area contributed by atoms with Crippen LogP contribution >= 0.6 is 0 Å². The number of fused-ring (bicyclic) bond motifs is 1. The molecule has 3 aromatic rings. The van der Waals surface area contributed by atoms with Crippen LogP contribution in [0, 0.1) is 23.2 Å². The van der Waals surface area contributed by atoms with Crippen LogP contribution in [0.25, 0.3) is 10.8 Å². The second kappa shape index (κ2) is 16.4. The minimum Gasteiger partial charge on any atom is -0.445 e. The molecule has 0 radical (unpaired) electrons. The van der Waals surface area contributed by atoms with Gasteiger partial charge in [-0.1, -0.05) is 72.8 Å². The lowest BCUT2D eigenvalue weighted by molar-refractivity contribution is -0.131. The number of rotatable bonds is 13. The van der Waals surface area contributed by atoms with Gasteiger partial charge >= 0.3 is 6.09 Å². The van der Waals surface area contributed by atoms with E-state index in [0.717, 1.165) is 21.9 Å². The van der Waals surface area contributed by atoms with Crippen LogP contribution in [-0.4, -0.2) is 54.4 Å². The van der Waals surface area contributed by atoms with Crippen LogP contribution in [0.2, 0.25) is 0 Å². The lowest BCUT2D eigenvalue weighted by Crippen LogP contribution is -2.56. The number of ether oxygens (including phenoxy) is 1. The zero-order chi connectivity index (χ0) is 34.8. The lowest BCUT2D eigenvalue weighted by Gasteiger charge is -2.31. The third kappa shape index (κ3) is 9.98. The van der Waals surface area contributed by atoms with Crippen molar-refractivity contribution in [2.24, 2.45) is 11.8 Å². The molecule has 0 aromatic heterocycles. The van der Waals surface area contributed by atoms with E-state index >= 15 is 0 Å². The van der Waals surface area contributed by atoms with E-state index in [1.807, 2.05) is 66.7 Å². The Morgan fingerprint density at radius 1 is 0.878 bits per heavy atom. The van der Waals surface area contributed by atoms with Gasteiger partial charge in [0.1, 0.15) is 24.7 Å². The molecule has 5 rings (SSSR count). The number of amides is 4. The fourth-order valence-electron chi connectivity index (χ4n) is 6.55. The molecule has 1 aliphatic carbocycles. The van der Waals surface area contributed by atoms with Gasteiger partial charge in [-0.25, -0.2) is 13.6 Å². The summed E-state index contributed by atoms with van der Waals surface area (Å²) in [6.45, 7) is 0.459. The van der Waals surface area contributed by atoms with Gasteiger partial charge in [-0.15, -0.1) is 0 Å². The Balaban J connectivity index is 1.35. The van der Waals surface area contributed by atoms with Gasteiger partial charge in [-0.2, -0.15) is 5.26 Å². The van der Waals surface area contributed by atoms with Crippen molar-refractivity contribution in [3.63, 3.8) is 0 Å². The molecule has 4 atom stereocenters. The SMILES string of the molecule is N#C[C@H](C[C@@H]1CCNC1=O)NC(=O)C(CC1CCC(F)(F)CC1)NC(=O)[C@H](Cc1cccc2ccccc12)NC(=O)OCc1ccccc1. The summed E-state index contributed by atoms with van der Waals surface area (Å²) in [5, 5.41) is 22.4. The van der Waals surface area contributed by atoms with E-state index in [2.05, 4.69) is 21.3 Å². The second-order valence-corrected chi connectivity index (χ2v) is 12.9. The maximum absolute atomic E-state index is 14.0. The molecule has 10 nitrogen and oxygen atoms in total. The summed E-state index contributed by atoms with van der Waals surface area (Å²) >= 11 is 0. The number of nitriles is 1. The van der Waals surface area contributed by atoms with Crippen LogP contribution < -0.4 is 21.3 Å². The lowest BCUT2D eigenvalue weighted by atomic mass is 9.82. The van der Waals surface area contributed by atoms with E-state index in [1.54, 1.807) is 12.1 Å². The van der Waals surface area contributed by atoms with Crippen LogP contribution in [0.3, 0.4) is 0 Å². The monoisotopic (exact) mass is 673 g/mol. The zero-order valence-corrected chi connectivity index (χ0v) is 27.1. The van der Waals surface area contributed by atoms with Crippen LogP contribution in [0.1, 0.15) is 56.1 Å². The maximum Gasteiger partial charge on any atom is 0.408 e. The molecule has 3 aromatic carbocycles. The average molecular weight is 674 g/mol. The molecule has 1 saturated heterocycles. The van der Waals surface area contributed by atoms with Crippen LogP contribution in [0.5, 0.6) is 0 Å². The topological polar surface area (TPSA) is 149 Å². The summed E-state index contributed by atoms with van der Waals surface area (Å²) in [5.74, 6) is -5.02. The summed E-state index contributed by atoms with van der Waals surface area (Å²) in [4.78, 5) is 52.9. The molecule has 4 amide bonds. The number of alkyl carbamates (subject to hydrolysis) is 1. The Bertz CT molecular complexity index is 1670. The van der Waals surface area contributed by atoms with Gasteiger partial charge in [0.2, 0.25) is 23.6 Å². The van der Waals surface area contributed by atoms with Crippen molar-refractivity contribution >= 4 is 34.6 Å². The number of hydrogen-bond acceptors (Lipinski definition) is 6. The molecule has 1 heterocycles. The van der Waals surface area contributed by atoms with E-state index < -0.39 is 47.9 Å². The average Bonchev–Trinajstić information content (AvgIpc) is 3.51. The third-order valence-corrected chi connectivity index (χ3v) is 9.32. The quantitative estimate of drug-likeness (QED) is 0.203. The smallest absolute Gasteiger partial charge is 0.408 e. The summed E-state index contributed by atoms with van der Waals surface area (Å²) in [6, 6.07) is 21.0. The molecule has 0 spiro atoms. The zero-order valence-electron chi connectivity index (χ0n) is 27.1. The number of nitrogens with one attached hydrogen (secondary N) is 4. The highest BCUT2D eigenvalue weighted by Gasteiger charge is 2.38. The molecule has 1 unspecified atom stereocenters. The molecule has 1 aliphatic heterocycles. The number of carbonyl (C=O) groups is 4.